The van der Waals surface area contributed by atoms with Crippen LogP contribution in [0.3, 0.4) is 0 Å². The number of aryl methyl sites for hydroxylation is 1. The molecular weight excluding hydrogens is 342 g/mol. The van der Waals surface area contributed by atoms with Gasteiger partial charge >= 0.3 is 0 Å². The third-order valence-corrected chi connectivity index (χ3v) is 3.32. The molecule has 0 radical (unpaired) electrons. The van der Waals surface area contributed by atoms with E-state index in [0.717, 1.165) is 17.2 Å². The standard InChI is InChI=1S/C15H15FN4O.2ClH/c1-11-17-5-6-19(11)8-12-9-20(10-18-12)13-3-4-14(16)15(7-13)21-2;;/h3-7,9-10H,8H2,1-2H3;2*1H. The van der Waals surface area contributed by atoms with Gasteiger partial charge in [-0.3, -0.25) is 0 Å². The third kappa shape index (κ3) is 4.03. The van der Waals surface area contributed by atoms with Crippen molar-refractivity contribution in [2.24, 2.45) is 0 Å². The van der Waals surface area contributed by atoms with Gasteiger partial charge in [-0.25, -0.2) is 14.4 Å². The molecule has 0 atom stereocenters. The molecule has 0 amide bonds. The largest absolute Gasteiger partial charge is 0.494 e. The second-order valence-corrected chi connectivity index (χ2v) is 4.69. The second-order valence-electron chi connectivity index (χ2n) is 4.69. The summed E-state index contributed by atoms with van der Waals surface area (Å²) in [6, 6.07) is 4.71. The molecule has 0 bridgehead atoms. The highest BCUT2D eigenvalue weighted by Gasteiger charge is 2.07. The molecule has 5 nitrogen and oxygen atoms in total. The minimum atomic E-state index is -0.379. The summed E-state index contributed by atoms with van der Waals surface area (Å²) in [5.74, 6) is 0.775. The molecule has 2 aromatic heterocycles. The molecule has 2 heterocycles. The molecule has 0 fully saturated rings. The number of methoxy groups -OCH3 is 1. The van der Waals surface area contributed by atoms with E-state index in [9.17, 15) is 4.39 Å². The monoisotopic (exact) mass is 358 g/mol. The van der Waals surface area contributed by atoms with Crippen molar-refractivity contribution in [2.75, 3.05) is 7.11 Å². The molecule has 0 N–H and O–H groups in total. The maximum atomic E-state index is 13.4. The molecular formula is C15H17Cl2FN4O. The van der Waals surface area contributed by atoms with Crippen LogP contribution in [0.25, 0.3) is 5.69 Å². The van der Waals surface area contributed by atoms with Crippen LogP contribution in [0.4, 0.5) is 4.39 Å². The van der Waals surface area contributed by atoms with Crippen molar-refractivity contribution in [3.05, 3.63) is 60.5 Å². The topological polar surface area (TPSA) is 44.9 Å². The summed E-state index contributed by atoms with van der Waals surface area (Å²) >= 11 is 0. The number of hydrogen-bond donors (Lipinski definition) is 0. The van der Waals surface area contributed by atoms with Crippen LogP contribution in [0.2, 0.25) is 0 Å². The Labute approximate surface area is 146 Å². The Kier molecular flexibility index (Phi) is 6.60. The lowest BCUT2D eigenvalue weighted by atomic mass is 10.3. The zero-order valence-electron chi connectivity index (χ0n) is 12.6. The molecule has 3 aromatic rings. The van der Waals surface area contributed by atoms with Gasteiger partial charge in [0, 0.05) is 24.7 Å². The first-order chi connectivity index (χ1) is 10.2. The van der Waals surface area contributed by atoms with Crippen molar-refractivity contribution in [1.29, 1.82) is 0 Å². The number of rotatable bonds is 4. The zero-order chi connectivity index (χ0) is 14.8. The molecule has 0 aliphatic heterocycles. The van der Waals surface area contributed by atoms with Crippen molar-refractivity contribution in [1.82, 2.24) is 19.1 Å². The first kappa shape index (κ1) is 19.0. The number of halogens is 3. The molecule has 0 aliphatic carbocycles. The van der Waals surface area contributed by atoms with E-state index in [4.69, 9.17) is 4.74 Å². The van der Waals surface area contributed by atoms with E-state index >= 15 is 0 Å². The van der Waals surface area contributed by atoms with Gasteiger partial charge in [0.15, 0.2) is 11.6 Å². The SMILES string of the molecule is COc1cc(-n2cnc(Cn3ccnc3C)c2)ccc1F.Cl.Cl. The third-order valence-electron chi connectivity index (χ3n) is 3.32. The Morgan fingerprint density at radius 3 is 2.65 bits per heavy atom. The van der Waals surface area contributed by atoms with Crippen molar-refractivity contribution in [3.8, 4) is 11.4 Å². The van der Waals surface area contributed by atoms with Crippen molar-refractivity contribution >= 4 is 24.8 Å². The number of imidazole rings is 2. The number of benzene rings is 1. The van der Waals surface area contributed by atoms with E-state index in [1.54, 1.807) is 24.7 Å². The molecule has 3 rings (SSSR count). The fourth-order valence-corrected chi connectivity index (χ4v) is 2.14. The van der Waals surface area contributed by atoms with Gasteiger partial charge in [-0.1, -0.05) is 0 Å². The summed E-state index contributed by atoms with van der Waals surface area (Å²) < 4.78 is 22.3. The normalized spacial score (nSPS) is 9.87. The Bertz CT molecular complexity index is 772. The first-order valence-corrected chi connectivity index (χ1v) is 6.52. The summed E-state index contributed by atoms with van der Waals surface area (Å²) in [6.07, 6.45) is 7.28. The first-order valence-electron chi connectivity index (χ1n) is 6.52. The quantitative estimate of drug-likeness (QED) is 0.717. The highest BCUT2D eigenvalue weighted by Crippen LogP contribution is 2.21. The van der Waals surface area contributed by atoms with E-state index in [0.29, 0.717) is 6.54 Å². The number of nitrogens with zero attached hydrogens (tertiary/aromatic N) is 4. The number of hydrogen-bond acceptors (Lipinski definition) is 3. The fraction of sp³-hybridized carbons (Fsp3) is 0.200. The van der Waals surface area contributed by atoms with Crippen LogP contribution < -0.4 is 4.74 Å². The minimum absolute atomic E-state index is 0. The highest BCUT2D eigenvalue weighted by molar-refractivity contribution is 5.85. The van der Waals surface area contributed by atoms with Gasteiger partial charge in [0.25, 0.3) is 0 Å². The molecule has 0 aliphatic rings. The van der Waals surface area contributed by atoms with E-state index in [1.165, 1.54) is 13.2 Å². The smallest absolute Gasteiger partial charge is 0.165 e. The predicted molar refractivity (Wildman–Crippen MR) is 90.6 cm³/mol. The van der Waals surface area contributed by atoms with Crippen LogP contribution in [-0.4, -0.2) is 26.2 Å². The molecule has 124 valence electrons. The highest BCUT2D eigenvalue weighted by atomic mass is 35.5. The van der Waals surface area contributed by atoms with E-state index < -0.39 is 0 Å². The molecule has 0 unspecified atom stereocenters. The lowest BCUT2D eigenvalue weighted by Crippen LogP contribution is -2.01. The molecule has 0 saturated heterocycles. The van der Waals surface area contributed by atoms with Crippen LogP contribution in [0.5, 0.6) is 5.75 Å². The van der Waals surface area contributed by atoms with Gasteiger partial charge in [-0.05, 0) is 19.1 Å². The molecule has 8 heteroatoms. The Balaban J connectivity index is 0.00000132. The summed E-state index contributed by atoms with van der Waals surface area (Å²) in [5.41, 5.74) is 1.70. The molecule has 1 aromatic carbocycles. The number of ether oxygens (including phenoxy) is 1. The Morgan fingerprint density at radius 2 is 2.00 bits per heavy atom. The molecule has 23 heavy (non-hydrogen) atoms. The van der Waals surface area contributed by atoms with Crippen LogP contribution in [0.15, 0.2) is 43.1 Å². The van der Waals surface area contributed by atoms with Crippen LogP contribution in [0.1, 0.15) is 11.5 Å². The summed E-state index contributed by atoms with van der Waals surface area (Å²) in [6.45, 7) is 2.60. The van der Waals surface area contributed by atoms with E-state index in [1.807, 2.05) is 28.5 Å². The van der Waals surface area contributed by atoms with Crippen LogP contribution in [0, 0.1) is 12.7 Å². The molecule has 0 saturated carbocycles. The lowest BCUT2D eigenvalue weighted by molar-refractivity contribution is 0.386. The average molecular weight is 359 g/mol. The molecule has 0 spiro atoms. The van der Waals surface area contributed by atoms with Crippen molar-refractivity contribution in [3.63, 3.8) is 0 Å². The second kappa shape index (κ2) is 7.99. The average Bonchev–Trinajstić information content (AvgIpc) is 3.10. The lowest BCUT2D eigenvalue weighted by Gasteiger charge is -2.06. The Morgan fingerprint density at radius 1 is 1.22 bits per heavy atom. The summed E-state index contributed by atoms with van der Waals surface area (Å²) in [5, 5.41) is 0. The van der Waals surface area contributed by atoms with Gasteiger partial charge in [0.2, 0.25) is 0 Å². The van der Waals surface area contributed by atoms with Gasteiger partial charge in [0.1, 0.15) is 5.82 Å². The van der Waals surface area contributed by atoms with Gasteiger partial charge in [-0.2, -0.15) is 0 Å². The summed E-state index contributed by atoms with van der Waals surface area (Å²) in [4.78, 5) is 8.55. The van der Waals surface area contributed by atoms with Crippen molar-refractivity contribution < 1.29 is 9.13 Å². The van der Waals surface area contributed by atoms with E-state index in [-0.39, 0.29) is 36.4 Å². The van der Waals surface area contributed by atoms with Gasteiger partial charge in [0.05, 0.1) is 31.4 Å². The van der Waals surface area contributed by atoms with Gasteiger partial charge < -0.3 is 13.9 Å². The summed E-state index contributed by atoms with van der Waals surface area (Å²) in [7, 11) is 1.45. The van der Waals surface area contributed by atoms with Crippen LogP contribution in [-0.2, 0) is 6.54 Å². The predicted octanol–water partition coefficient (Wildman–Crippen LogP) is 3.42. The Hall–Kier alpha value is -2.05. The van der Waals surface area contributed by atoms with Crippen LogP contribution >= 0.6 is 24.8 Å². The number of aromatic nitrogens is 4. The van der Waals surface area contributed by atoms with Gasteiger partial charge in [-0.15, -0.1) is 24.8 Å². The minimum Gasteiger partial charge on any atom is -0.494 e. The fourth-order valence-electron chi connectivity index (χ4n) is 2.14. The maximum absolute atomic E-state index is 13.4. The van der Waals surface area contributed by atoms with E-state index in [2.05, 4.69) is 9.97 Å². The maximum Gasteiger partial charge on any atom is 0.165 e. The zero-order valence-corrected chi connectivity index (χ0v) is 14.3. The van der Waals surface area contributed by atoms with Crippen molar-refractivity contribution in [2.45, 2.75) is 13.5 Å².